The van der Waals surface area contributed by atoms with Crippen LogP contribution in [-0.2, 0) is 4.74 Å². The van der Waals surface area contributed by atoms with Crippen molar-refractivity contribution in [3.05, 3.63) is 30.1 Å². The first-order valence-corrected chi connectivity index (χ1v) is 8.61. The van der Waals surface area contributed by atoms with Crippen molar-refractivity contribution >= 4 is 5.96 Å². The van der Waals surface area contributed by atoms with Crippen molar-refractivity contribution in [1.29, 1.82) is 0 Å². The zero-order valence-corrected chi connectivity index (χ0v) is 14.8. The molecule has 1 heterocycles. The monoisotopic (exact) mass is 337 g/mol. The molecule has 2 rings (SSSR count). The number of nitrogens with zero attached hydrogens (tertiary/aromatic N) is 2. The topological polar surface area (TPSA) is 46.1 Å². The number of rotatable bonds is 6. The molecule has 1 saturated heterocycles. The van der Waals surface area contributed by atoms with Crippen LogP contribution in [0.25, 0.3) is 0 Å². The molecule has 1 fully saturated rings. The standard InChI is InChI=1S/C18H28FN3O2/c1-4-23-16-8-10-22(11-9-16)18(20-3)21-13-14(2)24-17-7-5-6-15(19)12-17/h5-7,12,14,16H,4,8-11,13H2,1-3H3,(H,20,21). The molecule has 0 saturated carbocycles. The number of halogens is 1. The van der Waals surface area contributed by atoms with Gasteiger partial charge in [-0.2, -0.15) is 0 Å². The minimum Gasteiger partial charge on any atom is -0.489 e. The Morgan fingerprint density at radius 2 is 2.17 bits per heavy atom. The maximum Gasteiger partial charge on any atom is 0.193 e. The van der Waals surface area contributed by atoms with E-state index in [9.17, 15) is 4.39 Å². The molecule has 1 unspecified atom stereocenters. The van der Waals surface area contributed by atoms with Gasteiger partial charge in [-0.3, -0.25) is 4.99 Å². The Labute approximate surface area is 143 Å². The third kappa shape index (κ3) is 5.67. The molecule has 6 heteroatoms. The maximum atomic E-state index is 13.2. The number of ether oxygens (including phenoxy) is 2. The van der Waals surface area contributed by atoms with E-state index in [-0.39, 0.29) is 11.9 Å². The van der Waals surface area contributed by atoms with Crippen LogP contribution in [0.15, 0.2) is 29.3 Å². The molecule has 0 aromatic heterocycles. The molecule has 1 N–H and O–H groups in total. The Kier molecular flexibility index (Phi) is 7.31. The van der Waals surface area contributed by atoms with Gasteiger partial charge < -0.3 is 19.7 Å². The quantitative estimate of drug-likeness (QED) is 0.640. The Morgan fingerprint density at radius 3 is 2.79 bits per heavy atom. The summed E-state index contributed by atoms with van der Waals surface area (Å²) in [6.07, 6.45) is 2.30. The summed E-state index contributed by atoms with van der Waals surface area (Å²) in [6.45, 7) is 7.23. The Balaban J connectivity index is 1.77. The van der Waals surface area contributed by atoms with E-state index in [0.717, 1.165) is 38.5 Å². The highest BCUT2D eigenvalue weighted by molar-refractivity contribution is 5.80. The number of hydrogen-bond acceptors (Lipinski definition) is 3. The van der Waals surface area contributed by atoms with Crippen molar-refractivity contribution in [3.63, 3.8) is 0 Å². The smallest absolute Gasteiger partial charge is 0.193 e. The molecular formula is C18H28FN3O2. The van der Waals surface area contributed by atoms with Gasteiger partial charge in [0.2, 0.25) is 0 Å². The molecule has 24 heavy (non-hydrogen) atoms. The van der Waals surface area contributed by atoms with Gasteiger partial charge in [0.25, 0.3) is 0 Å². The van der Waals surface area contributed by atoms with Crippen LogP contribution in [0.5, 0.6) is 5.75 Å². The third-order valence-corrected chi connectivity index (χ3v) is 4.04. The highest BCUT2D eigenvalue weighted by Gasteiger charge is 2.21. The van der Waals surface area contributed by atoms with E-state index < -0.39 is 0 Å². The van der Waals surface area contributed by atoms with E-state index in [1.165, 1.54) is 12.1 Å². The minimum absolute atomic E-state index is 0.0930. The number of aliphatic imine (C=N–C) groups is 1. The normalized spacial score (nSPS) is 17.7. The van der Waals surface area contributed by atoms with E-state index in [0.29, 0.717) is 18.4 Å². The number of nitrogens with one attached hydrogen (secondary N) is 1. The summed E-state index contributed by atoms with van der Waals surface area (Å²) in [5.74, 6) is 1.12. The van der Waals surface area contributed by atoms with Crippen molar-refractivity contribution in [3.8, 4) is 5.75 Å². The van der Waals surface area contributed by atoms with Gasteiger partial charge in [0.1, 0.15) is 17.7 Å². The van der Waals surface area contributed by atoms with Gasteiger partial charge in [-0.25, -0.2) is 4.39 Å². The van der Waals surface area contributed by atoms with Crippen LogP contribution >= 0.6 is 0 Å². The minimum atomic E-state index is -0.291. The number of benzene rings is 1. The van der Waals surface area contributed by atoms with Gasteiger partial charge in [0, 0.05) is 32.8 Å². The largest absolute Gasteiger partial charge is 0.489 e. The summed E-state index contributed by atoms with van der Waals surface area (Å²) in [4.78, 5) is 6.59. The molecule has 0 aliphatic carbocycles. The zero-order valence-electron chi connectivity index (χ0n) is 14.8. The van der Waals surface area contributed by atoms with E-state index >= 15 is 0 Å². The van der Waals surface area contributed by atoms with Crippen LogP contribution in [0, 0.1) is 5.82 Å². The number of guanidine groups is 1. The van der Waals surface area contributed by atoms with Crippen LogP contribution in [0.2, 0.25) is 0 Å². The first kappa shape index (κ1) is 18.5. The first-order chi connectivity index (χ1) is 11.6. The molecule has 1 atom stereocenters. The second kappa shape index (κ2) is 9.47. The number of likely N-dealkylation sites (tertiary alicyclic amines) is 1. The summed E-state index contributed by atoms with van der Waals surface area (Å²) in [7, 11) is 1.79. The second-order valence-electron chi connectivity index (χ2n) is 5.96. The number of hydrogen-bond donors (Lipinski definition) is 1. The molecular weight excluding hydrogens is 309 g/mol. The third-order valence-electron chi connectivity index (χ3n) is 4.04. The fourth-order valence-electron chi connectivity index (χ4n) is 2.85. The average Bonchev–Trinajstić information content (AvgIpc) is 2.57. The summed E-state index contributed by atoms with van der Waals surface area (Å²) in [5, 5.41) is 3.34. The van der Waals surface area contributed by atoms with Gasteiger partial charge in [-0.1, -0.05) is 6.07 Å². The van der Waals surface area contributed by atoms with Crippen molar-refractivity contribution in [2.45, 2.75) is 38.9 Å². The first-order valence-electron chi connectivity index (χ1n) is 8.61. The Morgan fingerprint density at radius 1 is 1.42 bits per heavy atom. The molecule has 0 amide bonds. The highest BCUT2D eigenvalue weighted by Crippen LogP contribution is 2.15. The van der Waals surface area contributed by atoms with Gasteiger partial charge in [0.05, 0.1) is 12.6 Å². The fourth-order valence-corrected chi connectivity index (χ4v) is 2.85. The molecule has 0 bridgehead atoms. The zero-order chi connectivity index (χ0) is 17.4. The summed E-state index contributed by atoms with van der Waals surface area (Å²) in [5.41, 5.74) is 0. The van der Waals surface area contributed by atoms with Gasteiger partial charge in [-0.05, 0) is 38.8 Å². The molecule has 0 radical (unpaired) electrons. The van der Waals surface area contributed by atoms with Crippen molar-refractivity contribution in [2.75, 3.05) is 33.3 Å². The Hall–Kier alpha value is -1.82. The molecule has 0 spiro atoms. The average molecular weight is 337 g/mol. The lowest BCUT2D eigenvalue weighted by molar-refractivity contribution is 0.0263. The van der Waals surface area contributed by atoms with E-state index in [1.54, 1.807) is 19.2 Å². The molecule has 5 nitrogen and oxygen atoms in total. The van der Waals surface area contributed by atoms with Crippen LogP contribution in [-0.4, -0.2) is 56.4 Å². The maximum absolute atomic E-state index is 13.2. The molecule has 1 aliphatic rings. The lowest BCUT2D eigenvalue weighted by Crippen LogP contribution is -2.48. The SMILES string of the molecule is CCOC1CCN(C(=NC)NCC(C)Oc2cccc(F)c2)CC1. The highest BCUT2D eigenvalue weighted by atomic mass is 19.1. The van der Waals surface area contributed by atoms with Crippen LogP contribution in [0.3, 0.4) is 0 Å². The summed E-state index contributed by atoms with van der Waals surface area (Å²) < 4.78 is 24.6. The summed E-state index contributed by atoms with van der Waals surface area (Å²) >= 11 is 0. The summed E-state index contributed by atoms with van der Waals surface area (Å²) in [6, 6.07) is 6.20. The predicted molar refractivity (Wildman–Crippen MR) is 94.1 cm³/mol. The second-order valence-corrected chi connectivity index (χ2v) is 5.96. The van der Waals surface area contributed by atoms with Crippen molar-refractivity contribution in [1.82, 2.24) is 10.2 Å². The number of piperidine rings is 1. The predicted octanol–water partition coefficient (Wildman–Crippen LogP) is 2.67. The van der Waals surface area contributed by atoms with Crippen molar-refractivity contribution in [2.24, 2.45) is 4.99 Å². The van der Waals surface area contributed by atoms with Crippen LogP contribution in [0.1, 0.15) is 26.7 Å². The van der Waals surface area contributed by atoms with E-state index in [2.05, 4.69) is 15.2 Å². The van der Waals surface area contributed by atoms with Gasteiger partial charge >= 0.3 is 0 Å². The molecule has 1 aliphatic heterocycles. The van der Waals surface area contributed by atoms with Gasteiger partial charge in [-0.15, -0.1) is 0 Å². The molecule has 1 aromatic carbocycles. The lowest BCUT2D eigenvalue weighted by Gasteiger charge is -2.34. The van der Waals surface area contributed by atoms with Crippen LogP contribution < -0.4 is 10.1 Å². The van der Waals surface area contributed by atoms with Crippen molar-refractivity contribution < 1.29 is 13.9 Å². The lowest BCUT2D eigenvalue weighted by atomic mass is 10.1. The van der Waals surface area contributed by atoms with E-state index in [4.69, 9.17) is 9.47 Å². The molecule has 1 aromatic rings. The molecule has 134 valence electrons. The van der Waals surface area contributed by atoms with Gasteiger partial charge in [0.15, 0.2) is 5.96 Å². The van der Waals surface area contributed by atoms with E-state index in [1.807, 2.05) is 13.8 Å². The van der Waals surface area contributed by atoms with Crippen LogP contribution in [0.4, 0.5) is 4.39 Å². The fraction of sp³-hybridized carbons (Fsp3) is 0.611. The Bertz CT molecular complexity index is 531.